The molecular weight excluding hydrogens is 1130 g/mol. The lowest BCUT2D eigenvalue weighted by Crippen LogP contribution is -2.62. The summed E-state index contributed by atoms with van der Waals surface area (Å²) in [6, 6.07) is 6.07. The van der Waals surface area contributed by atoms with Crippen LogP contribution in [0.2, 0.25) is 0 Å². The van der Waals surface area contributed by atoms with E-state index in [0.717, 1.165) is 0 Å². The van der Waals surface area contributed by atoms with Gasteiger partial charge < -0.3 is 90.5 Å². The fourth-order valence-corrected chi connectivity index (χ4v) is 8.62. The zero-order valence-electron chi connectivity index (χ0n) is 47.2. The van der Waals surface area contributed by atoms with E-state index in [-0.39, 0.29) is 31.6 Å². The zero-order valence-corrected chi connectivity index (χ0v) is 47.2. The van der Waals surface area contributed by atoms with Gasteiger partial charge in [-0.05, 0) is 42.0 Å². The number of benzene rings is 3. The lowest BCUT2D eigenvalue weighted by molar-refractivity contribution is -0.144. The number of nitrogens with one attached hydrogen (secondary N) is 10. The second-order valence-corrected chi connectivity index (χ2v) is 20.6. The molecule has 30 nitrogen and oxygen atoms in total. The Bertz CT molecular complexity index is 3070. The molecule has 0 aliphatic carbocycles. The predicted octanol–water partition coefficient (Wildman–Crippen LogP) is -4.75. The zero-order chi connectivity index (χ0) is 63.8. The number of para-hydroxylation sites is 1. The number of nitrogens with two attached hydrogens (primary N) is 3. The van der Waals surface area contributed by atoms with Crippen molar-refractivity contribution in [1.82, 2.24) is 52.8 Å². The first-order chi connectivity index (χ1) is 40.7. The molecule has 4 rings (SSSR count). The van der Waals surface area contributed by atoms with Gasteiger partial charge in [-0.1, -0.05) is 92.7 Å². The number of aliphatic hydroxyl groups is 2. The number of fused-ring (bicyclic) bond motifs is 1. The van der Waals surface area contributed by atoms with Gasteiger partial charge in [0.15, 0.2) is 0 Å². The minimum absolute atomic E-state index is 0.0541. The van der Waals surface area contributed by atoms with E-state index in [9.17, 15) is 82.8 Å². The first-order valence-electron chi connectivity index (χ1n) is 27.0. The number of rotatable bonds is 35. The molecule has 86 heavy (non-hydrogen) atoms. The summed E-state index contributed by atoms with van der Waals surface area (Å²) in [5.41, 5.74) is 18.3. The number of carbonyl (C=O) groups is 13. The number of aliphatic hydroxyl groups excluding tert-OH is 2. The number of amides is 11. The van der Waals surface area contributed by atoms with Gasteiger partial charge in [-0.25, -0.2) is 4.79 Å². The van der Waals surface area contributed by atoms with Gasteiger partial charge in [0.25, 0.3) is 0 Å². The maximum absolute atomic E-state index is 14.7. The molecule has 464 valence electrons. The second-order valence-electron chi connectivity index (χ2n) is 20.6. The van der Waals surface area contributed by atoms with Crippen molar-refractivity contribution in [1.29, 1.82) is 0 Å². The Labute approximate surface area is 492 Å². The number of carboxylic acids is 2. The average Bonchev–Trinajstić information content (AvgIpc) is 4.00. The van der Waals surface area contributed by atoms with Gasteiger partial charge >= 0.3 is 11.9 Å². The van der Waals surface area contributed by atoms with Crippen LogP contribution in [0.1, 0.15) is 63.1 Å². The average molecular weight is 1200 g/mol. The summed E-state index contributed by atoms with van der Waals surface area (Å²) in [5, 5.41) is 61.4. The van der Waals surface area contributed by atoms with Crippen molar-refractivity contribution in [2.75, 3.05) is 13.2 Å². The van der Waals surface area contributed by atoms with Crippen LogP contribution in [0.3, 0.4) is 0 Å². The number of carbonyl (C=O) groups excluding carboxylic acids is 11. The van der Waals surface area contributed by atoms with Crippen molar-refractivity contribution < 1.29 is 82.8 Å². The Hall–Kier alpha value is -9.81. The fourth-order valence-electron chi connectivity index (χ4n) is 8.62. The highest BCUT2D eigenvalue weighted by Crippen LogP contribution is 2.20. The number of hydrogen-bond acceptors (Lipinski definition) is 16. The third kappa shape index (κ3) is 22.1. The second kappa shape index (κ2) is 33.5. The minimum Gasteiger partial charge on any atom is -0.481 e. The van der Waals surface area contributed by atoms with E-state index in [2.05, 4.69) is 52.8 Å². The van der Waals surface area contributed by atoms with E-state index in [1.54, 1.807) is 98.8 Å². The van der Waals surface area contributed by atoms with Crippen LogP contribution < -0.4 is 65.1 Å². The highest BCUT2D eigenvalue weighted by molar-refractivity contribution is 6.00. The van der Waals surface area contributed by atoms with Crippen LogP contribution in [0.15, 0.2) is 91.1 Å². The highest BCUT2D eigenvalue weighted by Gasteiger charge is 2.37. The van der Waals surface area contributed by atoms with Crippen LogP contribution >= 0.6 is 0 Å². The Morgan fingerprint density at radius 3 is 1.15 bits per heavy atom. The van der Waals surface area contributed by atoms with E-state index in [4.69, 9.17) is 17.2 Å². The quantitative estimate of drug-likeness (QED) is 0.0206. The number of aliphatic carboxylic acids is 2. The summed E-state index contributed by atoms with van der Waals surface area (Å²) in [5.74, 6) is -15.6. The minimum atomic E-state index is -1.91. The van der Waals surface area contributed by atoms with Crippen molar-refractivity contribution in [2.45, 2.75) is 126 Å². The molecule has 10 atom stereocenters. The number of primary amides is 2. The summed E-state index contributed by atoms with van der Waals surface area (Å²) in [4.78, 5) is 176. The molecule has 11 amide bonds. The lowest BCUT2D eigenvalue weighted by Gasteiger charge is -2.28. The van der Waals surface area contributed by atoms with Gasteiger partial charge in [-0.3, -0.25) is 57.5 Å². The molecule has 0 fully saturated rings. The van der Waals surface area contributed by atoms with Crippen LogP contribution in [0, 0.1) is 5.92 Å². The molecule has 0 aliphatic heterocycles. The Balaban J connectivity index is 1.67. The maximum Gasteiger partial charge on any atom is 0.326 e. The molecule has 3 aromatic carbocycles. The third-order valence-electron chi connectivity index (χ3n) is 13.0. The monoisotopic (exact) mass is 1200 g/mol. The molecule has 0 aliphatic rings. The third-order valence-corrected chi connectivity index (χ3v) is 13.0. The predicted molar refractivity (Wildman–Crippen MR) is 304 cm³/mol. The highest BCUT2D eigenvalue weighted by atomic mass is 16.4. The smallest absolute Gasteiger partial charge is 0.326 e. The summed E-state index contributed by atoms with van der Waals surface area (Å²) in [6.45, 7) is 2.41. The van der Waals surface area contributed by atoms with Crippen LogP contribution in [0.4, 0.5) is 0 Å². The Morgan fingerprint density at radius 1 is 0.430 bits per heavy atom. The van der Waals surface area contributed by atoms with E-state index in [1.165, 1.54) is 13.1 Å². The van der Waals surface area contributed by atoms with Crippen LogP contribution in [0.25, 0.3) is 10.9 Å². The summed E-state index contributed by atoms with van der Waals surface area (Å²) in [6.07, 6.45) is -2.18. The van der Waals surface area contributed by atoms with Crippen LogP contribution in [-0.4, -0.2) is 176 Å². The van der Waals surface area contributed by atoms with Gasteiger partial charge in [-0.2, -0.15) is 0 Å². The molecule has 1 heterocycles. The molecule has 20 N–H and O–H groups in total. The molecule has 0 bridgehead atoms. The Morgan fingerprint density at radius 2 is 0.767 bits per heavy atom. The lowest BCUT2D eigenvalue weighted by atomic mass is 10.0. The molecular formula is C56H73N13O17. The van der Waals surface area contributed by atoms with Crippen LogP contribution in [-0.2, 0) is 81.6 Å². The van der Waals surface area contributed by atoms with Crippen molar-refractivity contribution in [3.05, 3.63) is 108 Å². The molecule has 30 heteroatoms. The molecule has 0 unspecified atom stereocenters. The molecule has 0 radical (unpaired) electrons. The normalized spacial score (nSPS) is 14.5. The van der Waals surface area contributed by atoms with E-state index >= 15 is 0 Å². The maximum atomic E-state index is 14.7. The first kappa shape index (κ1) is 68.7. The number of aromatic amines is 1. The van der Waals surface area contributed by atoms with Gasteiger partial charge in [0.05, 0.1) is 38.5 Å². The topological polar surface area (TPSA) is 505 Å². The van der Waals surface area contributed by atoms with Gasteiger partial charge in [0, 0.05) is 36.4 Å². The van der Waals surface area contributed by atoms with Crippen molar-refractivity contribution >= 4 is 87.8 Å². The van der Waals surface area contributed by atoms with Crippen molar-refractivity contribution in [3.63, 3.8) is 0 Å². The van der Waals surface area contributed by atoms with Crippen molar-refractivity contribution in [3.8, 4) is 0 Å². The molecule has 0 saturated heterocycles. The largest absolute Gasteiger partial charge is 0.481 e. The van der Waals surface area contributed by atoms with E-state index in [0.29, 0.717) is 27.6 Å². The first-order valence-corrected chi connectivity index (χ1v) is 27.0. The standard InChI is InChI=1S/C56H73N13O17/c1-28(2)18-41(56(85)86)67-53(82)40(24-46(74)75)66-49(78)35(19-30-12-6-4-7-13-30)62-51(80)39(23-45(59)73)65-50(79)37(21-32-25-60-34-17-11-10-16-33(32)34)64-48(77)36(20-31-14-8-5-9-15-31)63-54(83)42(26-70)69-55(84)43(27-71)68-52(81)38(22-44(58)72)61-47(76)29(3)57/h4-17,25,28-29,35-43,60,70-71H,18-24,26-27,57H2,1-3H3,(H2,58,72)(H2,59,73)(H,61,76)(H,62,80)(H,63,83)(H,64,77)(H,65,79)(H,66,78)(H,67,82)(H,68,81)(H,69,84)(H,74,75)(H,85,86)/t29-,35-,36-,37-,38-,39-,40-,41-,42-,43-/m0/s1. The Kier molecular flexibility index (Phi) is 26.7. The summed E-state index contributed by atoms with van der Waals surface area (Å²) >= 11 is 0. The molecule has 0 saturated carbocycles. The van der Waals surface area contributed by atoms with Gasteiger partial charge in [0.1, 0.15) is 54.4 Å². The van der Waals surface area contributed by atoms with E-state index < -0.39 is 170 Å². The summed E-state index contributed by atoms with van der Waals surface area (Å²) in [7, 11) is 0. The number of H-pyrrole nitrogens is 1. The van der Waals surface area contributed by atoms with Crippen LogP contribution in [0.5, 0.6) is 0 Å². The van der Waals surface area contributed by atoms with E-state index in [1.807, 2.05) is 0 Å². The van der Waals surface area contributed by atoms with Crippen molar-refractivity contribution in [2.24, 2.45) is 23.1 Å². The molecule has 4 aromatic rings. The number of carboxylic acid groups (broad SMARTS) is 2. The summed E-state index contributed by atoms with van der Waals surface area (Å²) < 4.78 is 0. The number of hydrogen-bond donors (Lipinski definition) is 17. The van der Waals surface area contributed by atoms with Gasteiger partial charge in [0.2, 0.25) is 65.0 Å². The molecule has 0 spiro atoms. The number of aromatic nitrogens is 1. The van der Waals surface area contributed by atoms with Gasteiger partial charge in [-0.15, -0.1) is 0 Å². The SMILES string of the molecule is CC(C)C[C@H](NC(=O)[C@H](CC(=O)O)NC(=O)[C@H](Cc1ccccc1)NC(=O)[C@H](CC(N)=O)NC(=O)[C@H](Cc1c[nH]c2ccccc12)NC(=O)[C@H](Cc1ccccc1)NC(=O)[C@H](CO)NC(=O)[C@H](CO)NC(=O)[C@H](CC(N)=O)NC(=O)[C@H](C)N)C(=O)O. The fraction of sp³-hybridized carbons (Fsp3) is 0.411. The molecule has 1 aromatic heterocycles.